The zero-order chi connectivity index (χ0) is 9.14. The standard InChI is InChI=1S/C8H16N2O2/c1-6(7(2)9)8(11)10-4-3-5-12-10/h6-7H,3-5,9H2,1-2H3. The number of nitrogens with zero attached hydrogens (tertiary/aromatic N) is 1. The summed E-state index contributed by atoms with van der Waals surface area (Å²) in [7, 11) is 0. The second-order valence-corrected chi connectivity index (χ2v) is 3.27. The second kappa shape index (κ2) is 3.87. The van der Waals surface area contributed by atoms with Gasteiger partial charge in [0.25, 0.3) is 0 Å². The van der Waals surface area contributed by atoms with Gasteiger partial charge in [0.2, 0.25) is 5.91 Å². The fraction of sp³-hybridized carbons (Fsp3) is 0.875. The highest BCUT2D eigenvalue weighted by Gasteiger charge is 2.26. The van der Waals surface area contributed by atoms with Crippen LogP contribution in [0.25, 0.3) is 0 Å². The van der Waals surface area contributed by atoms with Gasteiger partial charge in [0.15, 0.2) is 0 Å². The molecule has 1 saturated heterocycles. The van der Waals surface area contributed by atoms with E-state index in [4.69, 9.17) is 10.6 Å². The minimum absolute atomic E-state index is 0.00231. The molecule has 0 radical (unpaired) electrons. The van der Waals surface area contributed by atoms with Gasteiger partial charge in [0.05, 0.1) is 19.1 Å². The van der Waals surface area contributed by atoms with Crippen molar-refractivity contribution in [3.8, 4) is 0 Å². The van der Waals surface area contributed by atoms with Gasteiger partial charge in [-0.1, -0.05) is 6.92 Å². The molecule has 2 N–H and O–H groups in total. The highest BCUT2D eigenvalue weighted by atomic mass is 16.7. The predicted molar refractivity (Wildman–Crippen MR) is 45.1 cm³/mol. The fourth-order valence-electron chi connectivity index (χ4n) is 1.07. The molecule has 1 rings (SSSR count). The number of hydrogen-bond donors (Lipinski definition) is 1. The van der Waals surface area contributed by atoms with Crippen LogP contribution in [0.4, 0.5) is 0 Å². The number of carbonyl (C=O) groups is 1. The van der Waals surface area contributed by atoms with E-state index in [1.54, 1.807) is 0 Å². The van der Waals surface area contributed by atoms with E-state index in [1.165, 1.54) is 5.06 Å². The van der Waals surface area contributed by atoms with Crippen molar-refractivity contribution in [3.05, 3.63) is 0 Å². The van der Waals surface area contributed by atoms with Crippen LogP contribution in [0, 0.1) is 5.92 Å². The van der Waals surface area contributed by atoms with E-state index in [9.17, 15) is 4.79 Å². The summed E-state index contributed by atoms with van der Waals surface area (Å²) in [5.41, 5.74) is 5.60. The lowest BCUT2D eigenvalue weighted by atomic mass is 10.0. The zero-order valence-corrected chi connectivity index (χ0v) is 7.62. The minimum Gasteiger partial charge on any atom is -0.327 e. The van der Waals surface area contributed by atoms with Crippen molar-refractivity contribution in [3.63, 3.8) is 0 Å². The lowest BCUT2D eigenvalue weighted by Crippen LogP contribution is -2.39. The van der Waals surface area contributed by atoms with E-state index in [1.807, 2.05) is 13.8 Å². The van der Waals surface area contributed by atoms with Gasteiger partial charge in [-0.25, -0.2) is 5.06 Å². The first-order chi connectivity index (χ1) is 5.63. The molecule has 1 aliphatic rings. The second-order valence-electron chi connectivity index (χ2n) is 3.27. The molecule has 1 heterocycles. The average Bonchev–Trinajstić information content (AvgIpc) is 2.53. The lowest BCUT2D eigenvalue weighted by molar-refractivity contribution is -0.173. The van der Waals surface area contributed by atoms with Crippen molar-refractivity contribution < 1.29 is 9.63 Å². The van der Waals surface area contributed by atoms with Crippen molar-refractivity contribution in [1.29, 1.82) is 0 Å². The van der Waals surface area contributed by atoms with Gasteiger partial charge in [-0.3, -0.25) is 9.63 Å². The molecule has 0 aliphatic carbocycles. The molecule has 1 fully saturated rings. The normalized spacial score (nSPS) is 22.4. The summed E-state index contributed by atoms with van der Waals surface area (Å²) in [5.74, 6) is -0.148. The maximum absolute atomic E-state index is 11.5. The number of rotatable bonds is 2. The summed E-state index contributed by atoms with van der Waals surface area (Å²) >= 11 is 0. The number of hydroxylamine groups is 2. The number of carbonyl (C=O) groups excluding carboxylic acids is 1. The summed E-state index contributed by atoms with van der Waals surface area (Å²) in [5, 5.41) is 1.42. The summed E-state index contributed by atoms with van der Waals surface area (Å²) in [6, 6.07) is -0.110. The first-order valence-electron chi connectivity index (χ1n) is 4.33. The molecule has 1 amide bonds. The Kier molecular flexibility index (Phi) is 3.05. The molecule has 2 unspecified atom stereocenters. The maximum atomic E-state index is 11.5. The molecule has 12 heavy (non-hydrogen) atoms. The van der Waals surface area contributed by atoms with Crippen molar-refractivity contribution in [1.82, 2.24) is 5.06 Å². The van der Waals surface area contributed by atoms with Crippen LogP contribution in [0.2, 0.25) is 0 Å². The Morgan fingerprint density at radius 3 is 2.67 bits per heavy atom. The third-order valence-corrected chi connectivity index (χ3v) is 2.18. The SMILES string of the molecule is CC(N)C(C)C(=O)N1CCCO1. The summed E-state index contributed by atoms with van der Waals surface area (Å²) in [6.45, 7) is 5.01. The molecule has 0 aromatic heterocycles. The van der Waals surface area contributed by atoms with Crippen LogP contribution in [0.15, 0.2) is 0 Å². The van der Waals surface area contributed by atoms with Gasteiger partial charge < -0.3 is 5.73 Å². The lowest BCUT2D eigenvalue weighted by Gasteiger charge is -2.20. The van der Waals surface area contributed by atoms with Crippen LogP contribution in [0.3, 0.4) is 0 Å². The molecule has 70 valence electrons. The fourth-order valence-corrected chi connectivity index (χ4v) is 1.07. The van der Waals surface area contributed by atoms with Crippen LogP contribution >= 0.6 is 0 Å². The van der Waals surface area contributed by atoms with Gasteiger partial charge in [-0.15, -0.1) is 0 Å². The molecule has 1 aliphatic heterocycles. The number of hydrogen-bond acceptors (Lipinski definition) is 3. The maximum Gasteiger partial charge on any atom is 0.250 e. The van der Waals surface area contributed by atoms with Gasteiger partial charge in [-0.2, -0.15) is 0 Å². The van der Waals surface area contributed by atoms with Crippen LogP contribution in [-0.4, -0.2) is 30.2 Å². The third kappa shape index (κ3) is 1.95. The molecule has 0 aromatic rings. The van der Waals surface area contributed by atoms with E-state index in [0.717, 1.165) is 6.42 Å². The Morgan fingerprint density at radius 1 is 1.58 bits per heavy atom. The quantitative estimate of drug-likeness (QED) is 0.644. The number of amides is 1. The summed E-state index contributed by atoms with van der Waals surface area (Å²) < 4.78 is 0. The van der Waals surface area contributed by atoms with E-state index in [2.05, 4.69) is 0 Å². The molecular formula is C8H16N2O2. The Labute approximate surface area is 72.6 Å². The van der Waals surface area contributed by atoms with Gasteiger partial charge >= 0.3 is 0 Å². The molecular weight excluding hydrogens is 156 g/mol. The Bertz CT molecular complexity index is 160. The molecule has 0 bridgehead atoms. The summed E-state index contributed by atoms with van der Waals surface area (Å²) in [6.07, 6.45) is 0.928. The largest absolute Gasteiger partial charge is 0.327 e. The van der Waals surface area contributed by atoms with E-state index in [-0.39, 0.29) is 17.9 Å². The van der Waals surface area contributed by atoms with E-state index >= 15 is 0 Å². The number of nitrogens with two attached hydrogens (primary N) is 1. The molecule has 0 aromatic carbocycles. The Hall–Kier alpha value is -0.610. The monoisotopic (exact) mass is 172 g/mol. The molecule has 0 saturated carbocycles. The predicted octanol–water partition coefficient (Wildman–Crippen LogP) is 0.134. The smallest absolute Gasteiger partial charge is 0.250 e. The Balaban J connectivity index is 2.45. The average molecular weight is 172 g/mol. The summed E-state index contributed by atoms with van der Waals surface area (Å²) in [4.78, 5) is 16.6. The van der Waals surface area contributed by atoms with Crippen LogP contribution in [0.1, 0.15) is 20.3 Å². The molecule has 4 heteroatoms. The highest BCUT2D eigenvalue weighted by Crippen LogP contribution is 2.11. The van der Waals surface area contributed by atoms with Crippen molar-refractivity contribution in [2.45, 2.75) is 26.3 Å². The van der Waals surface area contributed by atoms with Crippen LogP contribution in [0.5, 0.6) is 0 Å². The van der Waals surface area contributed by atoms with Crippen molar-refractivity contribution in [2.24, 2.45) is 11.7 Å². The van der Waals surface area contributed by atoms with Gasteiger partial charge in [-0.05, 0) is 13.3 Å². The molecule has 4 nitrogen and oxygen atoms in total. The van der Waals surface area contributed by atoms with Crippen molar-refractivity contribution in [2.75, 3.05) is 13.2 Å². The van der Waals surface area contributed by atoms with Crippen LogP contribution < -0.4 is 5.73 Å². The van der Waals surface area contributed by atoms with Gasteiger partial charge in [0.1, 0.15) is 0 Å². The first-order valence-corrected chi connectivity index (χ1v) is 4.33. The first kappa shape index (κ1) is 9.48. The topological polar surface area (TPSA) is 55.6 Å². The molecule has 0 spiro atoms. The Morgan fingerprint density at radius 2 is 2.25 bits per heavy atom. The van der Waals surface area contributed by atoms with Gasteiger partial charge in [0, 0.05) is 6.04 Å². The minimum atomic E-state index is -0.150. The van der Waals surface area contributed by atoms with E-state index < -0.39 is 0 Å². The van der Waals surface area contributed by atoms with Crippen molar-refractivity contribution >= 4 is 5.91 Å². The van der Waals surface area contributed by atoms with Crippen LogP contribution in [-0.2, 0) is 9.63 Å². The van der Waals surface area contributed by atoms with E-state index in [0.29, 0.717) is 13.2 Å². The molecule has 2 atom stereocenters. The highest BCUT2D eigenvalue weighted by molar-refractivity contribution is 5.78. The third-order valence-electron chi connectivity index (χ3n) is 2.18. The zero-order valence-electron chi connectivity index (χ0n) is 7.62.